The predicted octanol–water partition coefficient (Wildman–Crippen LogP) is 2.25. The Balaban J connectivity index is 4.54. The molecule has 19 heavy (non-hydrogen) atoms. The smallest absolute Gasteiger partial charge is 0.338 e. The molecule has 0 fully saturated rings. The molecule has 0 aromatic heterocycles. The minimum Gasteiger partial charge on any atom is -0.479 e. The highest BCUT2D eigenvalue weighted by Crippen LogP contribution is 2.19. The van der Waals surface area contributed by atoms with Gasteiger partial charge in [0.05, 0.1) is 0 Å². The number of unbranched alkanes of at least 4 members (excludes halogenated alkanes) is 3. The third-order valence-corrected chi connectivity index (χ3v) is 2.62. The summed E-state index contributed by atoms with van der Waals surface area (Å²) in [4.78, 5) is 23.1. The zero-order valence-electron chi connectivity index (χ0n) is 12.1. The molecule has 0 aliphatic heterocycles. The molecule has 0 aliphatic rings. The molecule has 0 amide bonds. The van der Waals surface area contributed by atoms with E-state index in [-0.39, 0.29) is 6.42 Å². The lowest BCUT2D eigenvalue weighted by molar-refractivity contribution is -0.169. The number of aliphatic carboxylic acids is 1. The van der Waals surface area contributed by atoms with Crippen molar-refractivity contribution in [2.45, 2.75) is 64.0 Å². The van der Waals surface area contributed by atoms with E-state index in [4.69, 9.17) is 15.6 Å². The van der Waals surface area contributed by atoms with E-state index in [1.54, 1.807) is 26.8 Å². The largest absolute Gasteiger partial charge is 0.479 e. The molecule has 0 saturated carbocycles. The van der Waals surface area contributed by atoms with Gasteiger partial charge in [0, 0.05) is 0 Å². The third kappa shape index (κ3) is 6.38. The Labute approximate surface area is 114 Å². The first-order chi connectivity index (χ1) is 8.63. The molecule has 0 aromatic carbocycles. The van der Waals surface area contributed by atoms with Crippen LogP contribution in [0.5, 0.6) is 0 Å². The number of carboxylic acids is 1. The van der Waals surface area contributed by atoms with Crippen LogP contribution in [0.2, 0.25) is 0 Å². The van der Waals surface area contributed by atoms with Gasteiger partial charge in [0.1, 0.15) is 5.60 Å². The molecule has 0 heterocycles. The van der Waals surface area contributed by atoms with Crippen molar-refractivity contribution in [3.63, 3.8) is 0 Å². The summed E-state index contributed by atoms with van der Waals surface area (Å²) in [6.45, 7) is 8.64. The van der Waals surface area contributed by atoms with Gasteiger partial charge in [0.2, 0.25) is 5.54 Å². The van der Waals surface area contributed by atoms with Crippen LogP contribution < -0.4 is 5.73 Å². The molecule has 0 aromatic rings. The summed E-state index contributed by atoms with van der Waals surface area (Å²) in [5, 5.41) is 9.16. The Morgan fingerprint density at radius 3 is 2.26 bits per heavy atom. The van der Waals surface area contributed by atoms with Crippen LogP contribution in [0.3, 0.4) is 0 Å². The molecule has 0 rings (SSSR count). The van der Waals surface area contributed by atoms with Crippen LogP contribution in [0.25, 0.3) is 0 Å². The normalized spacial score (nSPS) is 14.5. The van der Waals surface area contributed by atoms with Crippen molar-refractivity contribution in [2.24, 2.45) is 5.73 Å². The van der Waals surface area contributed by atoms with Gasteiger partial charge in [-0.25, -0.2) is 9.59 Å². The van der Waals surface area contributed by atoms with Crippen LogP contribution in [-0.2, 0) is 14.3 Å². The summed E-state index contributed by atoms with van der Waals surface area (Å²) in [6.07, 6.45) is 5.04. The lowest BCUT2D eigenvalue weighted by atomic mass is 9.93. The number of ether oxygens (including phenoxy) is 1. The monoisotopic (exact) mass is 271 g/mol. The van der Waals surface area contributed by atoms with Crippen molar-refractivity contribution in [3.8, 4) is 0 Å². The third-order valence-electron chi connectivity index (χ3n) is 2.62. The number of nitrogens with two attached hydrogens (primary N) is 1. The van der Waals surface area contributed by atoms with Crippen LogP contribution in [0.15, 0.2) is 12.7 Å². The Morgan fingerprint density at radius 2 is 1.84 bits per heavy atom. The molecule has 0 saturated heterocycles. The Hall–Kier alpha value is -1.36. The second-order valence-corrected chi connectivity index (χ2v) is 5.67. The van der Waals surface area contributed by atoms with Crippen molar-refractivity contribution in [1.82, 2.24) is 0 Å². The Bertz CT molecular complexity index is 333. The molecule has 0 aliphatic carbocycles. The Kier molecular flexibility index (Phi) is 6.76. The molecule has 1 unspecified atom stereocenters. The standard InChI is InChI=1S/C14H25NO4/c1-5-6-7-8-9-10-14(15,11(16)17)12(18)19-13(2,3)4/h5H,1,6-10,15H2,2-4H3,(H,16,17). The van der Waals surface area contributed by atoms with Crippen LogP contribution in [0, 0.1) is 0 Å². The molecular formula is C14H25NO4. The van der Waals surface area contributed by atoms with E-state index in [1.165, 1.54) is 0 Å². The minimum atomic E-state index is -1.96. The molecular weight excluding hydrogens is 246 g/mol. The average molecular weight is 271 g/mol. The highest BCUT2D eigenvalue weighted by molar-refractivity contribution is 6.03. The van der Waals surface area contributed by atoms with E-state index < -0.39 is 23.1 Å². The summed E-state index contributed by atoms with van der Waals surface area (Å²) in [5.41, 5.74) is 3.01. The van der Waals surface area contributed by atoms with Crippen LogP contribution >= 0.6 is 0 Å². The highest BCUT2D eigenvalue weighted by Gasteiger charge is 2.44. The number of carbonyl (C=O) groups excluding carboxylic acids is 1. The summed E-state index contributed by atoms with van der Waals surface area (Å²) < 4.78 is 5.08. The van der Waals surface area contributed by atoms with Crippen molar-refractivity contribution in [2.75, 3.05) is 0 Å². The number of carbonyl (C=O) groups is 2. The topological polar surface area (TPSA) is 89.6 Å². The molecule has 5 heteroatoms. The molecule has 3 N–H and O–H groups in total. The van der Waals surface area contributed by atoms with Gasteiger partial charge in [-0.05, 0) is 40.0 Å². The van der Waals surface area contributed by atoms with E-state index in [2.05, 4.69) is 6.58 Å². The number of allylic oxidation sites excluding steroid dienone is 1. The van der Waals surface area contributed by atoms with Crippen molar-refractivity contribution in [1.29, 1.82) is 0 Å². The van der Waals surface area contributed by atoms with Gasteiger partial charge in [-0.3, -0.25) is 0 Å². The van der Waals surface area contributed by atoms with Crippen LogP contribution in [0.4, 0.5) is 0 Å². The second-order valence-electron chi connectivity index (χ2n) is 5.67. The van der Waals surface area contributed by atoms with Gasteiger partial charge in [-0.15, -0.1) is 6.58 Å². The van der Waals surface area contributed by atoms with Gasteiger partial charge in [-0.2, -0.15) is 0 Å². The molecule has 0 spiro atoms. The lowest BCUT2D eigenvalue weighted by Gasteiger charge is -2.28. The van der Waals surface area contributed by atoms with E-state index >= 15 is 0 Å². The Morgan fingerprint density at radius 1 is 1.26 bits per heavy atom. The molecule has 5 nitrogen and oxygen atoms in total. The highest BCUT2D eigenvalue weighted by atomic mass is 16.6. The summed E-state index contributed by atoms with van der Waals surface area (Å²) >= 11 is 0. The summed E-state index contributed by atoms with van der Waals surface area (Å²) in [7, 11) is 0. The fourth-order valence-electron chi connectivity index (χ4n) is 1.53. The number of hydrogen-bond acceptors (Lipinski definition) is 4. The van der Waals surface area contributed by atoms with Crippen molar-refractivity contribution < 1.29 is 19.4 Å². The maximum absolute atomic E-state index is 11.9. The predicted molar refractivity (Wildman–Crippen MR) is 73.7 cm³/mol. The first kappa shape index (κ1) is 17.6. The van der Waals surface area contributed by atoms with E-state index in [0.29, 0.717) is 6.42 Å². The van der Waals surface area contributed by atoms with Crippen LogP contribution in [0.1, 0.15) is 52.9 Å². The summed E-state index contributed by atoms with van der Waals surface area (Å²) in [5.74, 6) is -2.22. The zero-order chi connectivity index (χ0) is 15.1. The quantitative estimate of drug-likeness (QED) is 0.306. The van der Waals surface area contributed by atoms with Gasteiger partial charge in [0.15, 0.2) is 0 Å². The molecule has 1 atom stereocenters. The fourth-order valence-corrected chi connectivity index (χ4v) is 1.53. The number of carboxylic acid groups (broad SMARTS) is 1. The van der Waals surface area contributed by atoms with E-state index in [9.17, 15) is 9.59 Å². The lowest BCUT2D eigenvalue weighted by Crippen LogP contribution is -2.57. The number of esters is 1. The van der Waals surface area contributed by atoms with Crippen molar-refractivity contribution in [3.05, 3.63) is 12.7 Å². The van der Waals surface area contributed by atoms with E-state index in [1.807, 2.05) is 0 Å². The van der Waals surface area contributed by atoms with Gasteiger partial charge in [-0.1, -0.05) is 18.9 Å². The SMILES string of the molecule is C=CCCCCCC(N)(C(=O)O)C(=O)OC(C)(C)C. The van der Waals surface area contributed by atoms with Crippen molar-refractivity contribution >= 4 is 11.9 Å². The summed E-state index contributed by atoms with van der Waals surface area (Å²) in [6, 6.07) is 0. The first-order valence-corrected chi connectivity index (χ1v) is 6.50. The van der Waals surface area contributed by atoms with E-state index in [0.717, 1.165) is 19.3 Å². The first-order valence-electron chi connectivity index (χ1n) is 6.50. The number of rotatable bonds is 8. The van der Waals surface area contributed by atoms with Gasteiger partial charge >= 0.3 is 11.9 Å². The molecule has 110 valence electrons. The second kappa shape index (κ2) is 7.28. The minimum absolute atomic E-state index is 0.0778. The molecule has 0 bridgehead atoms. The van der Waals surface area contributed by atoms with Gasteiger partial charge in [0.25, 0.3) is 0 Å². The zero-order valence-corrected chi connectivity index (χ0v) is 12.1. The molecule has 0 radical (unpaired) electrons. The number of hydrogen-bond donors (Lipinski definition) is 2. The van der Waals surface area contributed by atoms with Crippen LogP contribution in [-0.4, -0.2) is 28.2 Å². The average Bonchev–Trinajstić information content (AvgIpc) is 2.25. The maximum Gasteiger partial charge on any atom is 0.338 e. The maximum atomic E-state index is 11.9. The van der Waals surface area contributed by atoms with Gasteiger partial charge < -0.3 is 15.6 Å². The fraction of sp³-hybridized carbons (Fsp3) is 0.714.